The Morgan fingerprint density at radius 1 is 1.02 bits per heavy atom. The number of carbonyl (C=O) groups excluding carboxylic acids is 1. The standard InChI is InChI=1S/C37H43NO2S/c1-24(2)38(4)28-11-8-26(9-12-28)33-23-36(3)34(32-16-10-27-22-29(39)13-17-31(27)35(32)33)19-21-37(36,40)20-18-25-6-14-30(41-5)15-7-25/h6-9,11-12,14-15,22,24,32-34,40H,10,13,16-17,19,21,23H2,1-5H3. The number of benzene rings is 2. The quantitative estimate of drug-likeness (QED) is 0.302. The number of hydrogen-bond donors (Lipinski definition) is 1. The number of fused-ring (bicyclic) bond motifs is 4. The summed E-state index contributed by atoms with van der Waals surface area (Å²) in [5, 5.41) is 12.4. The average molecular weight is 566 g/mol. The summed E-state index contributed by atoms with van der Waals surface area (Å²) in [6.45, 7) is 6.75. The maximum absolute atomic E-state index is 12.4. The van der Waals surface area contributed by atoms with Gasteiger partial charge in [0, 0.05) is 47.0 Å². The summed E-state index contributed by atoms with van der Waals surface area (Å²) in [5.74, 6) is 8.12. The number of anilines is 1. The van der Waals surface area contributed by atoms with Gasteiger partial charge in [0.15, 0.2) is 5.78 Å². The zero-order chi connectivity index (χ0) is 28.9. The molecule has 0 spiro atoms. The molecule has 0 amide bonds. The van der Waals surface area contributed by atoms with Crippen LogP contribution in [0.2, 0.25) is 0 Å². The Bertz CT molecular complexity index is 1460. The lowest BCUT2D eigenvalue weighted by molar-refractivity contribution is -0.114. The molecule has 6 rings (SSSR count). The summed E-state index contributed by atoms with van der Waals surface area (Å²) < 4.78 is 0. The Morgan fingerprint density at radius 3 is 2.44 bits per heavy atom. The molecule has 0 radical (unpaired) electrons. The third kappa shape index (κ3) is 4.90. The van der Waals surface area contributed by atoms with Crippen LogP contribution in [0.1, 0.15) is 82.8 Å². The number of rotatable bonds is 4. The predicted octanol–water partition coefficient (Wildman–Crippen LogP) is 7.94. The van der Waals surface area contributed by atoms with Crippen molar-refractivity contribution in [3.05, 3.63) is 82.5 Å². The minimum atomic E-state index is -1.03. The van der Waals surface area contributed by atoms with E-state index in [4.69, 9.17) is 0 Å². The van der Waals surface area contributed by atoms with Gasteiger partial charge in [-0.3, -0.25) is 4.79 Å². The molecule has 3 nitrogen and oxygen atoms in total. The van der Waals surface area contributed by atoms with Crippen molar-refractivity contribution in [1.82, 2.24) is 0 Å². The van der Waals surface area contributed by atoms with Gasteiger partial charge in [0.05, 0.1) is 0 Å². The molecule has 41 heavy (non-hydrogen) atoms. The van der Waals surface area contributed by atoms with Crippen LogP contribution in [0.3, 0.4) is 0 Å². The van der Waals surface area contributed by atoms with Gasteiger partial charge in [-0.05, 0) is 130 Å². The van der Waals surface area contributed by atoms with Crippen LogP contribution in [0.5, 0.6) is 0 Å². The van der Waals surface area contributed by atoms with Crippen LogP contribution in [-0.4, -0.2) is 35.8 Å². The Hall–Kier alpha value is -2.74. The normalized spacial score (nSPS) is 30.7. The zero-order valence-electron chi connectivity index (χ0n) is 25.2. The molecule has 0 aliphatic heterocycles. The second-order valence-corrected chi connectivity index (χ2v) is 14.0. The van der Waals surface area contributed by atoms with E-state index in [2.05, 4.69) is 99.3 Å². The van der Waals surface area contributed by atoms with Crippen molar-refractivity contribution in [3.63, 3.8) is 0 Å². The van der Waals surface area contributed by atoms with Crippen LogP contribution >= 0.6 is 11.8 Å². The molecule has 2 aromatic carbocycles. The molecular formula is C37H43NO2S. The first-order valence-electron chi connectivity index (χ1n) is 15.3. The summed E-state index contributed by atoms with van der Waals surface area (Å²) in [7, 11) is 2.15. The van der Waals surface area contributed by atoms with Crippen molar-refractivity contribution >= 4 is 23.2 Å². The molecule has 1 N–H and O–H groups in total. The first-order chi connectivity index (χ1) is 19.6. The molecule has 2 aromatic rings. The highest BCUT2D eigenvalue weighted by atomic mass is 32.2. The monoisotopic (exact) mass is 565 g/mol. The Labute approximate surface area is 250 Å². The molecule has 2 saturated carbocycles. The maximum atomic E-state index is 12.4. The molecule has 0 saturated heterocycles. The van der Waals surface area contributed by atoms with Gasteiger partial charge in [-0.1, -0.05) is 36.5 Å². The molecule has 0 heterocycles. The minimum absolute atomic E-state index is 0.221. The topological polar surface area (TPSA) is 40.5 Å². The average Bonchev–Trinajstić information content (AvgIpc) is 3.25. The van der Waals surface area contributed by atoms with Crippen LogP contribution in [0.4, 0.5) is 5.69 Å². The van der Waals surface area contributed by atoms with Crippen LogP contribution in [0.15, 0.2) is 76.2 Å². The number of aliphatic hydroxyl groups is 1. The molecule has 5 atom stereocenters. The van der Waals surface area contributed by atoms with Crippen molar-refractivity contribution in [2.24, 2.45) is 17.3 Å². The number of nitrogens with zero attached hydrogens (tertiary/aromatic N) is 1. The fourth-order valence-corrected chi connectivity index (χ4v) is 8.67. The Morgan fingerprint density at radius 2 is 1.76 bits per heavy atom. The number of ketones is 1. The van der Waals surface area contributed by atoms with Crippen molar-refractivity contribution in [2.45, 2.75) is 88.2 Å². The van der Waals surface area contributed by atoms with Gasteiger partial charge in [-0.25, -0.2) is 0 Å². The van der Waals surface area contributed by atoms with Gasteiger partial charge in [-0.15, -0.1) is 11.8 Å². The summed E-state index contributed by atoms with van der Waals surface area (Å²) >= 11 is 1.73. The van der Waals surface area contributed by atoms with E-state index in [0.717, 1.165) is 44.1 Å². The van der Waals surface area contributed by atoms with Crippen LogP contribution in [0.25, 0.3) is 0 Å². The van der Waals surface area contributed by atoms with Gasteiger partial charge in [0.1, 0.15) is 5.60 Å². The van der Waals surface area contributed by atoms with Gasteiger partial charge in [0.2, 0.25) is 0 Å². The fourth-order valence-electron chi connectivity index (χ4n) is 8.26. The number of thioether (sulfide) groups is 1. The summed E-state index contributed by atoms with van der Waals surface area (Å²) in [5.41, 5.74) is 6.46. The molecule has 0 bridgehead atoms. The van der Waals surface area contributed by atoms with Crippen molar-refractivity contribution in [2.75, 3.05) is 18.2 Å². The number of carbonyl (C=O) groups is 1. The van der Waals surface area contributed by atoms with E-state index in [9.17, 15) is 9.90 Å². The third-order valence-electron chi connectivity index (χ3n) is 10.9. The van der Waals surface area contributed by atoms with Crippen LogP contribution < -0.4 is 4.90 Å². The van der Waals surface area contributed by atoms with Crippen LogP contribution in [-0.2, 0) is 4.79 Å². The maximum Gasteiger partial charge on any atom is 0.156 e. The van der Waals surface area contributed by atoms with Crippen molar-refractivity contribution in [3.8, 4) is 11.8 Å². The largest absolute Gasteiger partial charge is 0.377 e. The van der Waals surface area contributed by atoms with E-state index in [-0.39, 0.29) is 17.1 Å². The first kappa shape index (κ1) is 28.4. The van der Waals surface area contributed by atoms with Gasteiger partial charge < -0.3 is 10.0 Å². The molecule has 2 fully saturated rings. The molecule has 4 aliphatic carbocycles. The predicted molar refractivity (Wildman–Crippen MR) is 170 cm³/mol. The Balaban J connectivity index is 1.42. The second kappa shape index (κ2) is 10.8. The molecular weight excluding hydrogens is 522 g/mol. The van der Waals surface area contributed by atoms with Crippen molar-refractivity contribution in [1.29, 1.82) is 0 Å². The highest BCUT2D eigenvalue weighted by molar-refractivity contribution is 7.98. The smallest absolute Gasteiger partial charge is 0.156 e. The van der Waals surface area contributed by atoms with E-state index < -0.39 is 5.60 Å². The van der Waals surface area contributed by atoms with E-state index in [1.807, 2.05) is 6.08 Å². The summed E-state index contributed by atoms with van der Waals surface area (Å²) in [6, 6.07) is 17.9. The molecule has 4 aliphatic rings. The van der Waals surface area contributed by atoms with E-state index >= 15 is 0 Å². The third-order valence-corrected chi connectivity index (χ3v) is 11.6. The highest BCUT2D eigenvalue weighted by Crippen LogP contribution is 2.66. The number of hydrogen-bond acceptors (Lipinski definition) is 4. The molecule has 214 valence electrons. The summed E-state index contributed by atoms with van der Waals surface area (Å²) in [4.78, 5) is 15.9. The van der Waals surface area contributed by atoms with Crippen LogP contribution in [0, 0.1) is 29.1 Å². The lowest BCUT2D eigenvalue weighted by Crippen LogP contribution is -2.51. The van der Waals surface area contributed by atoms with Gasteiger partial charge in [-0.2, -0.15) is 0 Å². The zero-order valence-corrected chi connectivity index (χ0v) is 26.0. The second-order valence-electron chi connectivity index (χ2n) is 13.2. The highest BCUT2D eigenvalue weighted by Gasteiger charge is 2.62. The SMILES string of the molecule is CSc1ccc(C#CC2(O)CCC3C4CCC5=CC(=O)CCC5=C4C(c4ccc(N(C)C(C)C)cc4)CC32C)cc1. The van der Waals surface area contributed by atoms with Gasteiger partial charge >= 0.3 is 0 Å². The van der Waals surface area contributed by atoms with E-state index in [0.29, 0.717) is 24.3 Å². The summed E-state index contributed by atoms with van der Waals surface area (Å²) in [6.07, 6.45) is 10.1. The Kier molecular flexibility index (Phi) is 7.50. The molecule has 4 heteroatoms. The molecule has 0 aromatic heterocycles. The van der Waals surface area contributed by atoms with Crippen molar-refractivity contribution < 1.29 is 9.90 Å². The van der Waals surface area contributed by atoms with E-state index in [1.54, 1.807) is 17.3 Å². The lowest BCUT2D eigenvalue weighted by Gasteiger charge is -2.53. The first-order valence-corrected chi connectivity index (χ1v) is 16.5. The van der Waals surface area contributed by atoms with E-state index in [1.165, 1.54) is 27.3 Å². The van der Waals surface area contributed by atoms with Gasteiger partial charge in [0.25, 0.3) is 0 Å². The number of allylic oxidation sites excluding steroid dienone is 4. The molecule has 5 unspecified atom stereocenters. The lowest BCUT2D eigenvalue weighted by atomic mass is 9.51. The fraction of sp³-hybridized carbons (Fsp3) is 0.486. The minimum Gasteiger partial charge on any atom is -0.377 e.